The molecule has 3 aromatic rings. The van der Waals surface area contributed by atoms with E-state index in [0.29, 0.717) is 0 Å². The van der Waals surface area contributed by atoms with Crippen LogP contribution in [0, 0.1) is 6.92 Å². The van der Waals surface area contributed by atoms with E-state index in [4.69, 9.17) is 4.42 Å². The van der Waals surface area contributed by atoms with Crippen LogP contribution in [0.3, 0.4) is 0 Å². The molecule has 102 valence electrons. The van der Waals surface area contributed by atoms with Crippen molar-refractivity contribution in [2.75, 3.05) is 6.54 Å². The zero-order valence-corrected chi connectivity index (χ0v) is 11.8. The molecular weight excluding hydrogens is 248 g/mol. The first kappa shape index (κ1) is 12.9. The van der Waals surface area contributed by atoms with E-state index in [-0.39, 0.29) is 6.04 Å². The molecule has 0 saturated heterocycles. The van der Waals surface area contributed by atoms with Gasteiger partial charge in [0, 0.05) is 11.6 Å². The van der Waals surface area contributed by atoms with E-state index in [9.17, 15) is 0 Å². The van der Waals surface area contributed by atoms with Crippen LogP contribution in [0.1, 0.15) is 30.0 Å². The third-order valence-corrected chi connectivity index (χ3v) is 3.41. The highest BCUT2D eigenvalue weighted by Crippen LogP contribution is 2.26. The van der Waals surface area contributed by atoms with Crippen molar-refractivity contribution in [1.82, 2.24) is 10.3 Å². The summed E-state index contributed by atoms with van der Waals surface area (Å²) >= 11 is 0. The summed E-state index contributed by atoms with van der Waals surface area (Å²) in [7, 11) is 0. The minimum absolute atomic E-state index is 0.0818. The van der Waals surface area contributed by atoms with Crippen molar-refractivity contribution < 1.29 is 4.42 Å². The first-order valence-corrected chi connectivity index (χ1v) is 6.92. The summed E-state index contributed by atoms with van der Waals surface area (Å²) in [6.45, 7) is 4.96. The molecule has 2 aromatic heterocycles. The van der Waals surface area contributed by atoms with Crippen molar-refractivity contribution >= 4 is 10.9 Å². The molecule has 0 amide bonds. The van der Waals surface area contributed by atoms with Gasteiger partial charge in [-0.3, -0.25) is 4.98 Å². The minimum atomic E-state index is 0.0818. The largest absolute Gasteiger partial charge is 0.464 e. The summed E-state index contributed by atoms with van der Waals surface area (Å²) in [6.07, 6.45) is 1.82. The van der Waals surface area contributed by atoms with E-state index in [1.54, 1.807) is 0 Å². The Bertz CT molecular complexity index is 718. The Kier molecular flexibility index (Phi) is 3.52. The number of furan rings is 1. The number of aromatic nitrogens is 1. The number of aryl methyl sites for hydroxylation is 1. The fraction of sp³-hybridized carbons (Fsp3) is 0.235. The van der Waals surface area contributed by atoms with Crippen LogP contribution < -0.4 is 5.32 Å². The van der Waals surface area contributed by atoms with Gasteiger partial charge < -0.3 is 9.73 Å². The topological polar surface area (TPSA) is 38.1 Å². The van der Waals surface area contributed by atoms with E-state index in [2.05, 4.69) is 41.5 Å². The molecular formula is C17H18N2O. The Balaban J connectivity index is 2.04. The smallest absolute Gasteiger partial charge is 0.125 e. The molecule has 1 aromatic carbocycles. The monoisotopic (exact) mass is 266 g/mol. The highest BCUT2D eigenvalue weighted by molar-refractivity contribution is 5.79. The Morgan fingerprint density at radius 1 is 1.20 bits per heavy atom. The van der Waals surface area contributed by atoms with Gasteiger partial charge in [0.1, 0.15) is 11.5 Å². The van der Waals surface area contributed by atoms with Gasteiger partial charge in [-0.25, -0.2) is 0 Å². The van der Waals surface area contributed by atoms with Gasteiger partial charge in [0.15, 0.2) is 0 Å². The lowest BCUT2D eigenvalue weighted by atomic mass is 10.0. The third-order valence-electron chi connectivity index (χ3n) is 3.41. The Morgan fingerprint density at radius 3 is 2.85 bits per heavy atom. The molecule has 0 bridgehead atoms. The maximum Gasteiger partial charge on any atom is 0.125 e. The molecule has 1 unspecified atom stereocenters. The van der Waals surface area contributed by atoms with Crippen molar-refractivity contribution in [2.24, 2.45) is 0 Å². The molecule has 0 aliphatic carbocycles. The standard InChI is InChI=1S/C17H18N2O/c1-3-18-17(16-9-6-12(2)20-16)14-7-8-15-13(11-14)5-4-10-19-15/h4-11,17-18H,3H2,1-2H3. The highest BCUT2D eigenvalue weighted by Gasteiger charge is 2.16. The number of hydrogen-bond acceptors (Lipinski definition) is 3. The zero-order valence-electron chi connectivity index (χ0n) is 11.8. The summed E-state index contributed by atoms with van der Waals surface area (Å²) in [5.41, 5.74) is 2.21. The molecule has 0 aliphatic heterocycles. The second kappa shape index (κ2) is 5.47. The fourth-order valence-electron chi connectivity index (χ4n) is 2.47. The lowest BCUT2D eigenvalue weighted by Crippen LogP contribution is -2.21. The third kappa shape index (κ3) is 2.45. The Labute approximate surface area is 118 Å². The van der Waals surface area contributed by atoms with Crippen LogP contribution in [0.5, 0.6) is 0 Å². The molecule has 0 fully saturated rings. The van der Waals surface area contributed by atoms with Crippen molar-refractivity contribution in [1.29, 1.82) is 0 Å². The number of benzene rings is 1. The lowest BCUT2D eigenvalue weighted by Gasteiger charge is -2.16. The fourth-order valence-corrected chi connectivity index (χ4v) is 2.47. The molecule has 1 N–H and O–H groups in total. The van der Waals surface area contributed by atoms with Crippen LogP contribution in [0.4, 0.5) is 0 Å². The van der Waals surface area contributed by atoms with Gasteiger partial charge in [-0.15, -0.1) is 0 Å². The van der Waals surface area contributed by atoms with Crippen LogP contribution in [-0.4, -0.2) is 11.5 Å². The summed E-state index contributed by atoms with van der Waals surface area (Å²) in [6, 6.07) is 14.5. The van der Waals surface area contributed by atoms with Crippen molar-refractivity contribution in [3.05, 3.63) is 65.7 Å². The average molecular weight is 266 g/mol. The van der Waals surface area contributed by atoms with E-state index in [1.165, 1.54) is 5.56 Å². The van der Waals surface area contributed by atoms with Crippen molar-refractivity contribution in [3.8, 4) is 0 Å². The van der Waals surface area contributed by atoms with Gasteiger partial charge in [-0.05, 0) is 49.4 Å². The van der Waals surface area contributed by atoms with Gasteiger partial charge in [0.25, 0.3) is 0 Å². The molecule has 0 saturated carbocycles. The number of hydrogen-bond donors (Lipinski definition) is 1. The van der Waals surface area contributed by atoms with E-state index >= 15 is 0 Å². The molecule has 3 rings (SSSR count). The normalized spacial score (nSPS) is 12.7. The SMILES string of the molecule is CCNC(c1ccc2ncccc2c1)c1ccc(C)o1. The minimum Gasteiger partial charge on any atom is -0.464 e. The second-order valence-corrected chi connectivity index (χ2v) is 4.89. The summed E-state index contributed by atoms with van der Waals surface area (Å²) in [5, 5.41) is 4.63. The zero-order chi connectivity index (χ0) is 13.9. The van der Waals surface area contributed by atoms with Gasteiger partial charge in [-0.2, -0.15) is 0 Å². The van der Waals surface area contributed by atoms with E-state index < -0.39 is 0 Å². The number of pyridine rings is 1. The van der Waals surface area contributed by atoms with Gasteiger partial charge >= 0.3 is 0 Å². The molecule has 0 radical (unpaired) electrons. The second-order valence-electron chi connectivity index (χ2n) is 4.89. The van der Waals surface area contributed by atoms with E-state index in [0.717, 1.165) is 29.0 Å². The molecule has 0 spiro atoms. The van der Waals surface area contributed by atoms with Crippen molar-refractivity contribution in [2.45, 2.75) is 19.9 Å². The molecule has 20 heavy (non-hydrogen) atoms. The van der Waals surface area contributed by atoms with Gasteiger partial charge in [-0.1, -0.05) is 19.1 Å². The number of nitrogens with zero attached hydrogens (tertiary/aromatic N) is 1. The van der Waals surface area contributed by atoms with Gasteiger partial charge in [0.2, 0.25) is 0 Å². The summed E-state index contributed by atoms with van der Waals surface area (Å²) < 4.78 is 5.79. The molecule has 0 aliphatic rings. The highest BCUT2D eigenvalue weighted by atomic mass is 16.3. The first-order chi connectivity index (χ1) is 9.78. The summed E-state index contributed by atoms with van der Waals surface area (Å²) in [4.78, 5) is 4.36. The van der Waals surface area contributed by atoms with Crippen LogP contribution in [0.2, 0.25) is 0 Å². The van der Waals surface area contributed by atoms with E-state index in [1.807, 2.05) is 31.3 Å². The van der Waals surface area contributed by atoms with Crippen LogP contribution >= 0.6 is 0 Å². The maximum atomic E-state index is 5.79. The van der Waals surface area contributed by atoms with Crippen molar-refractivity contribution in [3.63, 3.8) is 0 Å². The predicted octanol–water partition coefficient (Wildman–Crippen LogP) is 3.84. The van der Waals surface area contributed by atoms with Crippen LogP contribution in [0.25, 0.3) is 10.9 Å². The van der Waals surface area contributed by atoms with Crippen LogP contribution in [0.15, 0.2) is 53.1 Å². The maximum absolute atomic E-state index is 5.79. The number of rotatable bonds is 4. The molecule has 3 heteroatoms. The molecule has 1 atom stereocenters. The first-order valence-electron chi connectivity index (χ1n) is 6.92. The Morgan fingerprint density at radius 2 is 2.10 bits per heavy atom. The van der Waals surface area contributed by atoms with Crippen LogP contribution in [-0.2, 0) is 0 Å². The number of fused-ring (bicyclic) bond motifs is 1. The molecule has 2 heterocycles. The number of nitrogens with one attached hydrogen (secondary N) is 1. The Hall–Kier alpha value is -2.13. The quantitative estimate of drug-likeness (QED) is 0.779. The molecule has 3 nitrogen and oxygen atoms in total. The van der Waals surface area contributed by atoms with Gasteiger partial charge in [0.05, 0.1) is 11.6 Å². The summed E-state index contributed by atoms with van der Waals surface area (Å²) in [5.74, 6) is 1.89. The average Bonchev–Trinajstić information content (AvgIpc) is 2.90. The predicted molar refractivity (Wildman–Crippen MR) is 80.7 cm³/mol. The lowest BCUT2D eigenvalue weighted by molar-refractivity contribution is 0.435.